The molecule has 0 aromatic heterocycles. The summed E-state index contributed by atoms with van der Waals surface area (Å²) in [4.78, 5) is 0. The first kappa shape index (κ1) is 15.9. The van der Waals surface area contributed by atoms with Crippen LogP contribution >= 0.6 is 0 Å². The first-order chi connectivity index (χ1) is 8.39. The van der Waals surface area contributed by atoms with E-state index in [4.69, 9.17) is 9.47 Å². The van der Waals surface area contributed by atoms with Crippen molar-refractivity contribution in [1.82, 2.24) is 5.32 Å². The number of nitrogens with one attached hydrogen (secondary N) is 1. The van der Waals surface area contributed by atoms with Crippen LogP contribution < -0.4 is 5.32 Å². The van der Waals surface area contributed by atoms with Gasteiger partial charge in [-0.25, -0.2) is 0 Å². The van der Waals surface area contributed by atoms with Crippen LogP contribution in [0.1, 0.15) is 40.5 Å². The zero-order valence-corrected chi connectivity index (χ0v) is 12.4. The van der Waals surface area contributed by atoms with Gasteiger partial charge in [-0.2, -0.15) is 0 Å². The first-order valence-electron chi connectivity index (χ1n) is 6.99. The highest BCUT2D eigenvalue weighted by Crippen LogP contribution is 2.27. The Morgan fingerprint density at radius 2 is 2.11 bits per heavy atom. The fourth-order valence-corrected chi connectivity index (χ4v) is 2.78. The summed E-state index contributed by atoms with van der Waals surface area (Å²) in [5, 5.41) is 13.6. The lowest BCUT2D eigenvalue weighted by molar-refractivity contribution is -0.134. The smallest absolute Gasteiger partial charge is 0.0986 e. The van der Waals surface area contributed by atoms with Crippen molar-refractivity contribution in [3.63, 3.8) is 0 Å². The molecule has 108 valence electrons. The van der Waals surface area contributed by atoms with Crippen LogP contribution in [0.5, 0.6) is 0 Å². The molecule has 0 aromatic carbocycles. The van der Waals surface area contributed by atoms with Gasteiger partial charge in [-0.05, 0) is 32.6 Å². The first-order valence-corrected chi connectivity index (χ1v) is 6.99. The molecule has 0 spiro atoms. The Bertz CT molecular complexity index is 243. The van der Waals surface area contributed by atoms with Crippen molar-refractivity contribution in [3.05, 3.63) is 0 Å². The average Bonchev–Trinajstić information content (AvgIpc) is 2.20. The van der Waals surface area contributed by atoms with Crippen molar-refractivity contribution in [1.29, 1.82) is 0 Å². The van der Waals surface area contributed by atoms with Crippen molar-refractivity contribution in [2.24, 2.45) is 5.92 Å². The Hall–Kier alpha value is -0.160. The van der Waals surface area contributed by atoms with Gasteiger partial charge in [0.2, 0.25) is 0 Å². The molecule has 4 heteroatoms. The third-order valence-electron chi connectivity index (χ3n) is 3.50. The minimum Gasteiger partial charge on any atom is -0.389 e. The van der Waals surface area contributed by atoms with E-state index in [1.54, 1.807) is 7.11 Å². The molecule has 0 aliphatic heterocycles. The number of methoxy groups -OCH3 is 1. The molecule has 0 radical (unpaired) electrons. The van der Waals surface area contributed by atoms with Gasteiger partial charge < -0.3 is 19.9 Å². The Balaban J connectivity index is 2.32. The molecular formula is C14H29NO3. The second-order valence-corrected chi connectivity index (χ2v) is 6.01. The molecule has 1 rings (SSSR count). The molecular weight excluding hydrogens is 230 g/mol. The van der Waals surface area contributed by atoms with Crippen LogP contribution in [0, 0.1) is 5.92 Å². The number of hydrogen-bond acceptors (Lipinski definition) is 4. The fraction of sp³-hybridized carbons (Fsp3) is 1.00. The molecule has 0 aromatic rings. The molecule has 4 unspecified atom stereocenters. The van der Waals surface area contributed by atoms with E-state index in [0.29, 0.717) is 18.5 Å². The maximum atomic E-state index is 10.2. The highest BCUT2D eigenvalue weighted by Gasteiger charge is 2.42. The molecule has 0 heterocycles. The minimum absolute atomic E-state index is 0.111. The monoisotopic (exact) mass is 259 g/mol. The molecule has 0 saturated heterocycles. The Labute approximate surface area is 111 Å². The molecule has 1 aliphatic carbocycles. The van der Waals surface area contributed by atoms with Gasteiger partial charge in [-0.1, -0.05) is 13.8 Å². The molecule has 2 N–H and O–H groups in total. The number of rotatable bonds is 8. The third-order valence-corrected chi connectivity index (χ3v) is 3.50. The minimum atomic E-state index is -0.650. The summed E-state index contributed by atoms with van der Waals surface area (Å²) < 4.78 is 11.0. The maximum Gasteiger partial charge on any atom is 0.0986 e. The summed E-state index contributed by atoms with van der Waals surface area (Å²) >= 11 is 0. The number of aliphatic hydroxyl groups is 1. The van der Waals surface area contributed by atoms with E-state index in [0.717, 1.165) is 19.4 Å². The largest absolute Gasteiger partial charge is 0.389 e. The molecule has 4 nitrogen and oxygen atoms in total. The molecule has 1 saturated carbocycles. The molecule has 0 bridgehead atoms. The molecule has 1 aliphatic rings. The summed E-state index contributed by atoms with van der Waals surface area (Å²) in [6.07, 6.45) is 2.08. The third kappa shape index (κ3) is 4.50. The fourth-order valence-electron chi connectivity index (χ4n) is 2.78. The predicted molar refractivity (Wildman–Crippen MR) is 72.7 cm³/mol. The van der Waals surface area contributed by atoms with E-state index in [2.05, 4.69) is 19.2 Å². The van der Waals surface area contributed by atoms with Crippen molar-refractivity contribution >= 4 is 0 Å². The highest BCUT2D eigenvalue weighted by atomic mass is 16.5. The normalized spacial score (nSPS) is 31.2. The van der Waals surface area contributed by atoms with Gasteiger partial charge in [0.1, 0.15) is 0 Å². The van der Waals surface area contributed by atoms with Gasteiger partial charge in [0.15, 0.2) is 0 Å². The van der Waals surface area contributed by atoms with Gasteiger partial charge in [-0.3, -0.25) is 0 Å². The predicted octanol–water partition coefficient (Wildman–Crippen LogP) is 1.57. The highest BCUT2D eigenvalue weighted by molar-refractivity contribution is 4.98. The lowest BCUT2D eigenvalue weighted by Crippen LogP contribution is -2.61. The second kappa shape index (κ2) is 6.85. The van der Waals surface area contributed by atoms with Crippen molar-refractivity contribution in [2.75, 3.05) is 20.3 Å². The average molecular weight is 259 g/mol. The summed E-state index contributed by atoms with van der Waals surface area (Å²) in [6, 6.07) is 0.296. The second-order valence-electron chi connectivity index (χ2n) is 6.01. The van der Waals surface area contributed by atoms with Crippen LogP contribution in [0.2, 0.25) is 0 Å². The zero-order valence-electron chi connectivity index (χ0n) is 12.4. The molecule has 4 atom stereocenters. The van der Waals surface area contributed by atoms with Gasteiger partial charge in [0, 0.05) is 26.3 Å². The van der Waals surface area contributed by atoms with E-state index >= 15 is 0 Å². The summed E-state index contributed by atoms with van der Waals surface area (Å²) in [5.41, 5.74) is -0.650. The quantitative estimate of drug-likeness (QED) is 0.694. The Morgan fingerprint density at radius 1 is 1.44 bits per heavy atom. The van der Waals surface area contributed by atoms with E-state index in [1.807, 2.05) is 13.8 Å². The molecule has 0 amide bonds. The van der Waals surface area contributed by atoms with Crippen LogP contribution in [0.3, 0.4) is 0 Å². The standard InChI is InChI=1S/C14H29NO3/c1-6-18-12-7-11(13(12)17-5)15-9-14(4,16)8-10(2)3/h10-13,15-16H,6-9H2,1-5H3. The molecule has 1 fully saturated rings. The maximum absolute atomic E-state index is 10.2. The summed E-state index contributed by atoms with van der Waals surface area (Å²) in [6.45, 7) is 9.47. The zero-order chi connectivity index (χ0) is 13.8. The number of hydrogen-bond donors (Lipinski definition) is 2. The summed E-state index contributed by atoms with van der Waals surface area (Å²) in [7, 11) is 1.72. The SMILES string of the molecule is CCOC1CC(NCC(C)(O)CC(C)C)C1OC. The lowest BCUT2D eigenvalue weighted by Gasteiger charge is -2.44. The van der Waals surface area contributed by atoms with Gasteiger partial charge in [0.25, 0.3) is 0 Å². The van der Waals surface area contributed by atoms with Crippen LogP contribution in [-0.4, -0.2) is 49.2 Å². The van der Waals surface area contributed by atoms with Crippen LogP contribution in [0.25, 0.3) is 0 Å². The molecule has 18 heavy (non-hydrogen) atoms. The van der Waals surface area contributed by atoms with Gasteiger partial charge in [0.05, 0.1) is 17.8 Å². The Morgan fingerprint density at radius 3 is 2.61 bits per heavy atom. The van der Waals surface area contributed by atoms with Crippen LogP contribution in [-0.2, 0) is 9.47 Å². The van der Waals surface area contributed by atoms with Crippen LogP contribution in [0.4, 0.5) is 0 Å². The van der Waals surface area contributed by atoms with Crippen molar-refractivity contribution < 1.29 is 14.6 Å². The van der Waals surface area contributed by atoms with E-state index < -0.39 is 5.60 Å². The van der Waals surface area contributed by atoms with E-state index in [-0.39, 0.29) is 12.2 Å². The van der Waals surface area contributed by atoms with Crippen molar-refractivity contribution in [3.8, 4) is 0 Å². The van der Waals surface area contributed by atoms with Gasteiger partial charge in [-0.15, -0.1) is 0 Å². The van der Waals surface area contributed by atoms with Gasteiger partial charge >= 0.3 is 0 Å². The number of ether oxygens (including phenoxy) is 2. The van der Waals surface area contributed by atoms with Crippen LogP contribution in [0.15, 0.2) is 0 Å². The lowest BCUT2D eigenvalue weighted by atomic mass is 9.84. The topological polar surface area (TPSA) is 50.7 Å². The van der Waals surface area contributed by atoms with E-state index in [9.17, 15) is 5.11 Å². The summed E-state index contributed by atoms with van der Waals surface area (Å²) in [5.74, 6) is 0.498. The van der Waals surface area contributed by atoms with Crippen molar-refractivity contribution in [2.45, 2.75) is 64.4 Å². The Kier molecular flexibility index (Phi) is 6.05. The van der Waals surface area contributed by atoms with E-state index in [1.165, 1.54) is 0 Å².